The Bertz CT molecular complexity index is 353. The van der Waals surface area contributed by atoms with E-state index in [1.165, 1.54) is 12.1 Å². The molecule has 0 saturated heterocycles. The number of carbonyl (C=O) groups is 1. The maximum absolute atomic E-state index is 12.7. The fourth-order valence-electron chi connectivity index (χ4n) is 1.27. The molecule has 88 valence electrons. The highest BCUT2D eigenvalue weighted by molar-refractivity contribution is 5.79. The highest BCUT2D eigenvalue weighted by Gasteiger charge is 2.11. The number of nitrogens with two attached hydrogens (primary N) is 2. The van der Waals surface area contributed by atoms with Gasteiger partial charge in [0.2, 0.25) is 5.91 Å². The normalized spacial score (nSPS) is 14.4. The molecule has 0 bridgehead atoms. The van der Waals surface area contributed by atoms with Gasteiger partial charge in [-0.1, -0.05) is 12.1 Å². The summed E-state index contributed by atoms with van der Waals surface area (Å²) in [5.74, 6) is -0.816. The number of benzene rings is 1. The van der Waals surface area contributed by atoms with Crippen molar-refractivity contribution in [1.82, 2.24) is 5.32 Å². The summed E-state index contributed by atoms with van der Waals surface area (Å²) in [6, 6.07) is 5.43. The van der Waals surface area contributed by atoms with Crippen LogP contribution >= 0.6 is 0 Å². The lowest BCUT2D eigenvalue weighted by Gasteiger charge is -2.16. The SMILES string of the molecule is CC(NCC(N)C(N)=O)c1ccc(F)cc1. The monoisotopic (exact) mass is 225 g/mol. The van der Waals surface area contributed by atoms with Gasteiger partial charge in [-0.25, -0.2) is 4.39 Å². The zero-order valence-corrected chi connectivity index (χ0v) is 9.11. The standard InChI is InChI=1S/C11H16FN3O/c1-7(15-6-10(13)11(14)16)8-2-4-9(12)5-3-8/h2-5,7,10,15H,6,13H2,1H3,(H2,14,16). The van der Waals surface area contributed by atoms with Gasteiger partial charge in [0.1, 0.15) is 5.82 Å². The Labute approximate surface area is 93.8 Å². The fourth-order valence-corrected chi connectivity index (χ4v) is 1.27. The van der Waals surface area contributed by atoms with E-state index in [9.17, 15) is 9.18 Å². The first-order valence-electron chi connectivity index (χ1n) is 5.04. The van der Waals surface area contributed by atoms with E-state index < -0.39 is 11.9 Å². The minimum atomic E-state index is -0.706. The molecule has 5 heteroatoms. The van der Waals surface area contributed by atoms with Gasteiger partial charge >= 0.3 is 0 Å². The number of primary amides is 1. The molecular weight excluding hydrogens is 209 g/mol. The van der Waals surface area contributed by atoms with Crippen LogP contribution in [0.5, 0.6) is 0 Å². The van der Waals surface area contributed by atoms with Gasteiger partial charge in [-0.3, -0.25) is 4.79 Å². The third-order valence-electron chi connectivity index (χ3n) is 2.38. The molecule has 2 unspecified atom stereocenters. The second kappa shape index (κ2) is 5.58. The average molecular weight is 225 g/mol. The van der Waals surface area contributed by atoms with Crippen LogP contribution in [-0.2, 0) is 4.79 Å². The molecule has 0 aliphatic carbocycles. The molecule has 1 aromatic rings. The molecule has 5 N–H and O–H groups in total. The molecule has 2 atom stereocenters. The van der Waals surface area contributed by atoms with Gasteiger partial charge in [-0.15, -0.1) is 0 Å². The van der Waals surface area contributed by atoms with Gasteiger partial charge in [0, 0.05) is 12.6 Å². The lowest BCUT2D eigenvalue weighted by atomic mass is 10.1. The predicted molar refractivity (Wildman–Crippen MR) is 60.0 cm³/mol. The van der Waals surface area contributed by atoms with Gasteiger partial charge in [0.15, 0.2) is 0 Å². The summed E-state index contributed by atoms with van der Waals surface area (Å²) in [6.07, 6.45) is 0. The molecule has 0 aliphatic rings. The third-order valence-corrected chi connectivity index (χ3v) is 2.38. The summed E-state index contributed by atoms with van der Waals surface area (Å²) in [4.78, 5) is 10.7. The number of amides is 1. The minimum absolute atomic E-state index is 0.00833. The predicted octanol–water partition coefficient (Wildman–Crippen LogP) is 0.289. The van der Waals surface area contributed by atoms with Crippen molar-refractivity contribution >= 4 is 5.91 Å². The first kappa shape index (κ1) is 12.6. The number of nitrogens with one attached hydrogen (secondary N) is 1. The molecule has 0 aliphatic heterocycles. The van der Waals surface area contributed by atoms with Crippen molar-refractivity contribution in [3.63, 3.8) is 0 Å². The van der Waals surface area contributed by atoms with Crippen molar-refractivity contribution in [2.24, 2.45) is 11.5 Å². The van der Waals surface area contributed by atoms with E-state index in [4.69, 9.17) is 11.5 Å². The molecule has 1 aromatic carbocycles. The number of rotatable bonds is 5. The van der Waals surface area contributed by atoms with Crippen LogP contribution in [0.2, 0.25) is 0 Å². The summed E-state index contributed by atoms with van der Waals surface area (Å²) in [5.41, 5.74) is 11.4. The molecule has 0 fully saturated rings. The quantitative estimate of drug-likeness (QED) is 0.673. The van der Waals surface area contributed by atoms with Crippen LogP contribution in [0, 0.1) is 5.82 Å². The van der Waals surface area contributed by atoms with Crippen LogP contribution in [0.15, 0.2) is 24.3 Å². The van der Waals surface area contributed by atoms with Gasteiger partial charge in [0.25, 0.3) is 0 Å². The Morgan fingerprint density at radius 3 is 2.50 bits per heavy atom. The molecule has 0 spiro atoms. The van der Waals surface area contributed by atoms with Crippen molar-refractivity contribution in [3.8, 4) is 0 Å². The van der Waals surface area contributed by atoms with Crippen LogP contribution in [0.25, 0.3) is 0 Å². The highest BCUT2D eigenvalue weighted by Crippen LogP contribution is 2.12. The molecule has 0 radical (unpaired) electrons. The minimum Gasteiger partial charge on any atom is -0.368 e. The maximum atomic E-state index is 12.7. The zero-order valence-electron chi connectivity index (χ0n) is 9.11. The van der Waals surface area contributed by atoms with Crippen LogP contribution in [0.3, 0.4) is 0 Å². The first-order valence-corrected chi connectivity index (χ1v) is 5.04. The van der Waals surface area contributed by atoms with Crippen molar-refractivity contribution in [2.75, 3.05) is 6.54 Å². The van der Waals surface area contributed by atoms with E-state index in [1.807, 2.05) is 6.92 Å². The Morgan fingerprint density at radius 1 is 1.44 bits per heavy atom. The van der Waals surface area contributed by atoms with Crippen LogP contribution in [-0.4, -0.2) is 18.5 Å². The van der Waals surface area contributed by atoms with E-state index >= 15 is 0 Å². The lowest BCUT2D eigenvalue weighted by Crippen LogP contribution is -2.44. The molecule has 1 rings (SSSR count). The summed E-state index contributed by atoms with van der Waals surface area (Å²) in [7, 11) is 0. The molecule has 16 heavy (non-hydrogen) atoms. The molecule has 4 nitrogen and oxygen atoms in total. The summed E-state index contributed by atoms with van der Waals surface area (Å²) < 4.78 is 12.7. The van der Waals surface area contributed by atoms with E-state index in [1.54, 1.807) is 12.1 Å². The third kappa shape index (κ3) is 3.60. The number of carbonyl (C=O) groups excluding carboxylic acids is 1. The second-order valence-electron chi connectivity index (χ2n) is 3.69. The van der Waals surface area contributed by atoms with Gasteiger partial charge in [-0.05, 0) is 24.6 Å². The van der Waals surface area contributed by atoms with Crippen molar-refractivity contribution in [2.45, 2.75) is 19.0 Å². The number of halogens is 1. The first-order chi connectivity index (χ1) is 7.50. The Kier molecular flexibility index (Phi) is 4.39. The van der Waals surface area contributed by atoms with Gasteiger partial charge < -0.3 is 16.8 Å². The van der Waals surface area contributed by atoms with Crippen molar-refractivity contribution < 1.29 is 9.18 Å². The molecule has 0 saturated carbocycles. The Morgan fingerprint density at radius 2 is 2.00 bits per heavy atom. The van der Waals surface area contributed by atoms with Crippen LogP contribution in [0.1, 0.15) is 18.5 Å². The molecular formula is C11H16FN3O. The number of hydrogen-bond acceptors (Lipinski definition) is 3. The van der Waals surface area contributed by atoms with Crippen molar-refractivity contribution in [1.29, 1.82) is 0 Å². The zero-order chi connectivity index (χ0) is 12.1. The van der Waals surface area contributed by atoms with Gasteiger partial charge in [-0.2, -0.15) is 0 Å². The summed E-state index contributed by atoms with van der Waals surface area (Å²) in [6.45, 7) is 2.20. The topological polar surface area (TPSA) is 81.1 Å². The average Bonchev–Trinajstić information content (AvgIpc) is 2.26. The van der Waals surface area contributed by atoms with Crippen LogP contribution < -0.4 is 16.8 Å². The summed E-state index contributed by atoms with van der Waals surface area (Å²) >= 11 is 0. The number of hydrogen-bond donors (Lipinski definition) is 3. The van der Waals surface area contributed by atoms with E-state index in [-0.39, 0.29) is 11.9 Å². The lowest BCUT2D eigenvalue weighted by molar-refractivity contribution is -0.119. The fraction of sp³-hybridized carbons (Fsp3) is 0.364. The molecule has 0 aromatic heterocycles. The Balaban J connectivity index is 2.49. The second-order valence-corrected chi connectivity index (χ2v) is 3.69. The molecule has 0 heterocycles. The van der Waals surface area contributed by atoms with E-state index in [0.29, 0.717) is 6.54 Å². The van der Waals surface area contributed by atoms with Crippen molar-refractivity contribution in [3.05, 3.63) is 35.6 Å². The van der Waals surface area contributed by atoms with E-state index in [2.05, 4.69) is 5.32 Å². The molecule has 1 amide bonds. The smallest absolute Gasteiger partial charge is 0.235 e. The van der Waals surface area contributed by atoms with Gasteiger partial charge in [0.05, 0.1) is 6.04 Å². The maximum Gasteiger partial charge on any atom is 0.235 e. The largest absolute Gasteiger partial charge is 0.368 e. The highest BCUT2D eigenvalue weighted by atomic mass is 19.1. The van der Waals surface area contributed by atoms with E-state index in [0.717, 1.165) is 5.56 Å². The Hall–Kier alpha value is -1.46. The van der Waals surface area contributed by atoms with Crippen LogP contribution in [0.4, 0.5) is 4.39 Å². The summed E-state index contributed by atoms with van der Waals surface area (Å²) in [5, 5.41) is 3.05.